The summed E-state index contributed by atoms with van der Waals surface area (Å²) in [6.45, 7) is 0. The number of benzene rings is 9. The molecule has 2 atom stereocenters. The van der Waals surface area contributed by atoms with Crippen molar-refractivity contribution >= 4 is 76.9 Å². The SMILES string of the molecule is C1=CC2C=c3ccccc3=C3c4ccccc4OC(=C1)C32.O=c1ccc2ccccc2[nH]1.c1cc2ccc3ccc(-c4ncncn4)c4ccc(c1)c2c34.c1ccc2[nH]c(Cc3nc4ccccc4[nH]3)nc2c1. The fraction of sp³-hybridized carbons (Fsp3) is 0.0476. The lowest BCUT2D eigenvalue weighted by molar-refractivity contribution is 0.344. The van der Waals surface area contributed by atoms with Crippen LogP contribution in [0.2, 0.25) is 0 Å². The molecule has 3 aliphatic rings. The molecule has 16 rings (SSSR count). The largest absolute Gasteiger partial charge is 0.460 e. The van der Waals surface area contributed by atoms with Gasteiger partial charge >= 0.3 is 0 Å². The molecule has 73 heavy (non-hydrogen) atoms. The molecule has 13 aromatic rings. The highest BCUT2D eigenvalue weighted by molar-refractivity contribution is 6.25. The van der Waals surface area contributed by atoms with Gasteiger partial charge in [0.15, 0.2) is 5.82 Å². The zero-order chi connectivity index (χ0) is 48.7. The standard InChI is InChI=1S/C20H14O.C19H11N3.C15H12N4.C9H7NO/c1-2-8-15-13(6-1)12-14-7-5-11-18-19(14)20(15)16-9-3-4-10-17(16)21-18;1-2-12-4-5-14-7-9-16(19-21-10-20-11-22-19)15-8-6-13(3-1)17(12)18(14)15;1-2-6-11-10(5-1)16-14(17-11)9-15-18-12-7-3-4-8-13(12)19-15;11-9-6-5-7-3-1-2-4-8(7)10-9/h1-12,14,19H;1-11H;1-8H,9H2,(H,16,17)(H,18,19);1-6H,(H,10,11). The van der Waals surface area contributed by atoms with Gasteiger partial charge in [-0.25, -0.2) is 24.9 Å². The van der Waals surface area contributed by atoms with E-state index in [2.05, 4.69) is 161 Å². The Morgan fingerprint density at radius 3 is 1.90 bits per heavy atom. The highest BCUT2D eigenvalue weighted by Gasteiger charge is 2.37. The predicted octanol–water partition coefficient (Wildman–Crippen LogP) is 11.8. The molecule has 0 spiro atoms. The van der Waals surface area contributed by atoms with Crippen LogP contribution in [-0.2, 0) is 6.42 Å². The van der Waals surface area contributed by atoms with Crippen LogP contribution >= 0.6 is 0 Å². The van der Waals surface area contributed by atoms with Gasteiger partial charge < -0.3 is 19.7 Å². The normalized spacial score (nSPS) is 14.9. The molecule has 2 unspecified atom stereocenters. The summed E-state index contributed by atoms with van der Waals surface area (Å²) in [6.07, 6.45) is 12.6. The molecule has 0 amide bonds. The topological polar surface area (TPSA) is 138 Å². The van der Waals surface area contributed by atoms with E-state index in [0.717, 1.165) is 61.7 Å². The molecule has 0 bridgehead atoms. The number of hydrogen-bond acceptors (Lipinski definition) is 7. The average molecular weight is 945 g/mol. The van der Waals surface area contributed by atoms with Crippen LogP contribution in [0.4, 0.5) is 0 Å². The second-order valence-electron chi connectivity index (χ2n) is 18.2. The molecule has 3 N–H and O–H groups in total. The number of aromatic amines is 3. The summed E-state index contributed by atoms with van der Waals surface area (Å²) in [4.78, 5) is 41.9. The van der Waals surface area contributed by atoms with Gasteiger partial charge in [-0.15, -0.1) is 0 Å². The minimum atomic E-state index is -0.0521. The molecule has 9 aromatic carbocycles. The predicted molar refractivity (Wildman–Crippen MR) is 292 cm³/mol. The Labute approximate surface area is 417 Å². The second kappa shape index (κ2) is 18.5. The Kier molecular flexibility index (Phi) is 11.0. The molecule has 0 radical (unpaired) electrons. The summed E-state index contributed by atoms with van der Waals surface area (Å²) in [7, 11) is 0. The molecular weight excluding hydrogens is 901 g/mol. The van der Waals surface area contributed by atoms with E-state index in [1.807, 2.05) is 84.9 Å². The second-order valence-corrected chi connectivity index (χ2v) is 18.2. The lowest BCUT2D eigenvalue weighted by Crippen LogP contribution is -2.40. The van der Waals surface area contributed by atoms with Crippen molar-refractivity contribution in [2.75, 3.05) is 0 Å². The summed E-state index contributed by atoms with van der Waals surface area (Å²) in [5.74, 6) is 5.33. The van der Waals surface area contributed by atoms with Crippen molar-refractivity contribution in [1.82, 2.24) is 39.9 Å². The molecule has 2 aliphatic carbocycles. The quantitative estimate of drug-likeness (QED) is 0.150. The summed E-state index contributed by atoms with van der Waals surface area (Å²) < 4.78 is 6.16. The number of ether oxygens (including phenoxy) is 1. The molecule has 10 nitrogen and oxygen atoms in total. The maximum Gasteiger partial charge on any atom is 0.248 e. The maximum absolute atomic E-state index is 10.8. The maximum atomic E-state index is 10.8. The van der Waals surface area contributed by atoms with Crippen LogP contribution in [-0.4, -0.2) is 39.9 Å². The number of nitrogens with one attached hydrogen (secondary N) is 3. The zero-order valence-corrected chi connectivity index (χ0v) is 39.3. The number of imidazole rings is 2. The first-order valence-corrected chi connectivity index (χ1v) is 24.3. The van der Waals surface area contributed by atoms with Crippen molar-refractivity contribution in [2.45, 2.75) is 6.42 Å². The van der Waals surface area contributed by atoms with Crippen molar-refractivity contribution in [1.29, 1.82) is 0 Å². The molecular formula is C63H44N8O2. The lowest BCUT2D eigenvalue weighted by Gasteiger charge is -2.37. The van der Waals surface area contributed by atoms with Crippen molar-refractivity contribution in [3.63, 3.8) is 0 Å². The summed E-state index contributed by atoms with van der Waals surface area (Å²) in [6, 6.07) is 63.6. The first kappa shape index (κ1) is 43.2. The first-order valence-electron chi connectivity index (χ1n) is 24.3. The minimum absolute atomic E-state index is 0.0521. The zero-order valence-electron chi connectivity index (χ0n) is 39.3. The van der Waals surface area contributed by atoms with Gasteiger partial charge in [-0.3, -0.25) is 4.79 Å². The number of aromatic nitrogens is 8. The van der Waals surface area contributed by atoms with E-state index in [9.17, 15) is 4.79 Å². The number of hydrogen-bond donors (Lipinski definition) is 3. The Balaban J connectivity index is 0.0000000966. The van der Waals surface area contributed by atoms with E-state index >= 15 is 0 Å². The van der Waals surface area contributed by atoms with Crippen LogP contribution in [0.25, 0.3) is 88.3 Å². The van der Waals surface area contributed by atoms with E-state index in [0.29, 0.717) is 24.1 Å². The van der Waals surface area contributed by atoms with Crippen molar-refractivity contribution in [3.8, 4) is 17.1 Å². The van der Waals surface area contributed by atoms with Crippen LogP contribution < -0.4 is 20.7 Å². The molecule has 5 heterocycles. The number of nitrogens with zero attached hydrogens (tertiary/aromatic N) is 5. The molecule has 10 heteroatoms. The number of allylic oxidation sites excluding steroid dienone is 4. The van der Waals surface area contributed by atoms with E-state index in [-0.39, 0.29) is 5.56 Å². The Morgan fingerprint density at radius 2 is 1.14 bits per heavy atom. The fourth-order valence-electron chi connectivity index (χ4n) is 10.5. The molecule has 348 valence electrons. The van der Waals surface area contributed by atoms with E-state index < -0.39 is 0 Å². The van der Waals surface area contributed by atoms with Gasteiger partial charge in [0.05, 0.1) is 34.4 Å². The van der Waals surface area contributed by atoms with Crippen LogP contribution in [0.15, 0.2) is 229 Å². The van der Waals surface area contributed by atoms with Crippen molar-refractivity contribution in [3.05, 3.63) is 263 Å². The number of para-hydroxylation sites is 6. The third-order valence-corrected chi connectivity index (χ3v) is 13.7. The van der Waals surface area contributed by atoms with Crippen LogP contribution in [0, 0.1) is 11.8 Å². The van der Waals surface area contributed by atoms with E-state index in [1.165, 1.54) is 60.0 Å². The van der Waals surface area contributed by atoms with Gasteiger partial charge in [-0.2, -0.15) is 0 Å². The third-order valence-electron chi connectivity index (χ3n) is 13.7. The van der Waals surface area contributed by atoms with Gasteiger partial charge in [0, 0.05) is 28.6 Å². The highest BCUT2D eigenvalue weighted by atomic mass is 16.5. The molecule has 0 fully saturated rings. The van der Waals surface area contributed by atoms with Gasteiger partial charge in [-0.05, 0) is 108 Å². The Morgan fingerprint density at radius 1 is 0.521 bits per heavy atom. The Hall–Kier alpha value is -9.80. The summed E-state index contributed by atoms with van der Waals surface area (Å²) in [5, 5.41) is 11.3. The summed E-state index contributed by atoms with van der Waals surface area (Å²) >= 11 is 0. The number of H-pyrrole nitrogens is 3. The minimum Gasteiger partial charge on any atom is -0.460 e. The van der Waals surface area contributed by atoms with Gasteiger partial charge in [0.2, 0.25) is 5.56 Å². The molecule has 1 aliphatic heterocycles. The van der Waals surface area contributed by atoms with E-state index in [4.69, 9.17) is 4.74 Å². The smallest absolute Gasteiger partial charge is 0.248 e. The van der Waals surface area contributed by atoms with Crippen LogP contribution in [0.5, 0.6) is 5.75 Å². The molecule has 0 saturated carbocycles. The van der Waals surface area contributed by atoms with Crippen LogP contribution in [0.1, 0.15) is 17.2 Å². The first-order chi connectivity index (χ1) is 36.1. The fourth-order valence-corrected chi connectivity index (χ4v) is 10.5. The highest BCUT2D eigenvalue weighted by Crippen LogP contribution is 2.46. The van der Waals surface area contributed by atoms with Crippen molar-refractivity contribution < 1.29 is 4.74 Å². The third kappa shape index (κ3) is 8.26. The van der Waals surface area contributed by atoms with Gasteiger partial charge in [0.25, 0.3) is 0 Å². The van der Waals surface area contributed by atoms with Gasteiger partial charge in [-0.1, -0.05) is 152 Å². The number of rotatable bonds is 3. The van der Waals surface area contributed by atoms with Gasteiger partial charge in [0.1, 0.15) is 35.8 Å². The lowest BCUT2D eigenvalue weighted by atomic mass is 9.73. The molecule has 0 saturated heterocycles. The van der Waals surface area contributed by atoms with Crippen molar-refractivity contribution in [2.24, 2.45) is 11.8 Å². The Bertz CT molecular complexity index is 4300. The summed E-state index contributed by atoms with van der Waals surface area (Å²) in [5.41, 5.74) is 8.65. The number of fused-ring (bicyclic) bond motifs is 6. The average Bonchev–Trinajstić information content (AvgIpc) is 4.06. The molecule has 4 aromatic heterocycles. The number of pyridine rings is 1. The van der Waals surface area contributed by atoms with Crippen LogP contribution in [0.3, 0.4) is 0 Å². The monoisotopic (exact) mass is 944 g/mol. The van der Waals surface area contributed by atoms with E-state index in [1.54, 1.807) is 12.7 Å².